The molecule has 0 saturated heterocycles. The molecular weight excluding hydrogens is 378 g/mol. The van der Waals surface area contributed by atoms with Gasteiger partial charge in [-0.25, -0.2) is 0 Å². The summed E-state index contributed by atoms with van der Waals surface area (Å²) in [6, 6.07) is 35.9. The molecule has 5 rings (SSSR count). The lowest BCUT2D eigenvalue weighted by Crippen LogP contribution is -1.94. The molecule has 0 aliphatic heterocycles. The van der Waals surface area contributed by atoms with Gasteiger partial charge in [-0.3, -0.25) is 0 Å². The summed E-state index contributed by atoms with van der Waals surface area (Å²) in [5.74, 6) is 0. The molecule has 0 atom stereocenters. The van der Waals surface area contributed by atoms with Crippen LogP contribution >= 0.6 is 0 Å². The number of nitriles is 2. The van der Waals surface area contributed by atoms with Gasteiger partial charge in [0.05, 0.1) is 36.0 Å². The van der Waals surface area contributed by atoms with Gasteiger partial charge in [0.2, 0.25) is 0 Å². The van der Waals surface area contributed by atoms with E-state index in [0.717, 1.165) is 27.9 Å². The molecule has 5 aromatic rings. The molecular formula is C28H19N3. The lowest BCUT2D eigenvalue weighted by molar-refractivity contribution is 1.18. The number of benzene rings is 4. The zero-order chi connectivity index (χ0) is 21.2. The largest absolute Gasteiger partial charge is 0.309 e. The van der Waals surface area contributed by atoms with Gasteiger partial charge in [0.15, 0.2) is 0 Å². The van der Waals surface area contributed by atoms with E-state index in [1.54, 1.807) is 0 Å². The summed E-state index contributed by atoms with van der Waals surface area (Å²) in [7, 11) is 0. The molecule has 31 heavy (non-hydrogen) atoms. The predicted molar refractivity (Wildman–Crippen MR) is 125 cm³/mol. The van der Waals surface area contributed by atoms with Crippen molar-refractivity contribution in [2.45, 2.75) is 12.8 Å². The van der Waals surface area contributed by atoms with Gasteiger partial charge in [0, 0.05) is 16.5 Å². The van der Waals surface area contributed by atoms with Crippen molar-refractivity contribution >= 4 is 21.8 Å². The third kappa shape index (κ3) is 3.33. The van der Waals surface area contributed by atoms with E-state index < -0.39 is 0 Å². The highest BCUT2D eigenvalue weighted by Crippen LogP contribution is 2.32. The standard InChI is InChI=1S/C28H19N3/c29-15-13-20-17-21(14-16-30)19-23(18-20)22-9-11-24(12-10-22)31-27-7-3-1-5-25(27)26-6-2-4-8-28(26)31/h1-12,17-19H,13-14H2. The van der Waals surface area contributed by atoms with Crippen LogP contribution in [0, 0.1) is 22.7 Å². The molecule has 0 bridgehead atoms. The van der Waals surface area contributed by atoms with Crippen molar-refractivity contribution in [2.75, 3.05) is 0 Å². The third-order valence-electron chi connectivity index (χ3n) is 5.66. The van der Waals surface area contributed by atoms with Crippen LogP contribution in [-0.2, 0) is 12.8 Å². The Kier molecular flexibility index (Phi) is 4.71. The zero-order valence-electron chi connectivity index (χ0n) is 16.9. The van der Waals surface area contributed by atoms with Crippen molar-refractivity contribution in [1.82, 2.24) is 4.57 Å². The molecule has 1 heterocycles. The molecule has 0 spiro atoms. The van der Waals surface area contributed by atoms with Gasteiger partial charge in [0.1, 0.15) is 0 Å². The van der Waals surface area contributed by atoms with E-state index in [2.05, 4.69) is 89.5 Å². The molecule has 0 amide bonds. The molecule has 1 aromatic heterocycles. The number of nitrogens with zero attached hydrogens (tertiary/aromatic N) is 3. The van der Waals surface area contributed by atoms with Crippen LogP contribution in [0.25, 0.3) is 38.6 Å². The molecule has 0 saturated carbocycles. The maximum Gasteiger partial charge on any atom is 0.0669 e. The fourth-order valence-electron chi connectivity index (χ4n) is 4.32. The van der Waals surface area contributed by atoms with Crippen molar-refractivity contribution in [3.63, 3.8) is 0 Å². The third-order valence-corrected chi connectivity index (χ3v) is 5.66. The quantitative estimate of drug-likeness (QED) is 0.344. The van der Waals surface area contributed by atoms with E-state index in [-0.39, 0.29) is 0 Å². The highest BCUT2D eigenvalue weighted by atomic mass is 15.0. The second kappa shape index (κ2) is 7.82. The minimum absolute atomic E-state index is 0.339. The Morgan fingerprint density at radius 3 is 1.61 bits per heavy atom. The van der Waals surface area contributed by atoms with E-state index >= 15 is 0 Å². The van der Waals surface area contributed by atoms with E-state index in [9.17, 15) is 0 Å². The molecule has 0 radical (unpaired) electrons. The fourth-order valence-corrected chi connectivity index (χ4v) is 4.32. The molecule has 0 fully saturated rings. The lowest BCUT2D eigenvalue weighted by atomic mass is 9.97. The summed E-state index contributed by atoms with van der Waals surface area (Å²) in [5, 5.41) is 20.7. The average molecular weight is 397 g/mol. The molecule has 4 aromatic carbocycles. The molecule has 3 heteroatoms. The summed E-state index contributed by atoms with van der Waals surface area (Å²) in [6.45, 7) is 0. The number of aromatic nitrogens is 1. The minimum atomic E-state index is 0.339. The maximum absolute atomic E-state index is 9.10. The van der Waals surface area contributed by atoms with Gasteiger partial charge >= 0.3 is 0 Å². The summed E-state index contributed by atoms with van der Waals surface area (Å²) in [6.07, 6.45) is 0.678. The highest BCUT2D eigenvalue weighted by Gasteiger charge is 2.11. The van der Waals surface area contributed by atoms with Crippen LogP contribution < -0.4 is 0 Å². The molecule has 0 N–H and O–H groups in total. The Morgan fingerprint density at radius 1 is 0.581 bits per heavy atom. The van der Waals surface area contributed by atoms with Crippen LogP contribution in [0.2, 0.25) is 0 Å². The maximum atomic E-state index is 9.10. The number of rotatable bonds is 4. The first-order valence-corrected chi connectivity index (χ1v) is 10.2. The molecule has 0 aliphatic carbocycles. The van der Waals surface area contributed by atoms with E-state index in [1.807, 2.05) is 18.2 Å². The lowest BCUT2D eigenvalue weighted by Gasteiger charge is -2.11. The number of hydrogen-bond acceptors (Lipinski definition) is 2. The van der Waals surface area contributed by atoms with Gasteiger partial charge < -0.3 is 4.57 Å². The SMILES string of the molecule is N#CCc1cc(CC#N)cc(-c2ccc(-n3c4ccccc4c4ccccc43)cc2)c1. The molecule has 3 nitrogen and oxygen atoms in total. The van der Waals surface area contributed by atoms with Crippen molar-refractivity contribution in [1.29, 1.82) is 10.5 Å². The van der Waals surface area contributed by atoms with Gasteiger partial charge in [-0.1, -0.05) is 66.7 Å². The monoisotopic (exact) mass is 397 g/mol. The van der Waals surface area contributed by atoms with Crippen molar-refractivity contribution in [2.24, 2.45) is 0 Å². The van der Waals surface area contributed by atoms with Crippen molar-refractivity contribution in [3.8, 4) is 29.0 Å². The average Bonchev–Trinajstić information content (AvgIpc) is 3.14. The topological polar surface area (TPSA) is 52.5 Å². The normalized spacial score (nSPS) is 10.8. The van der Waals surface area contributed by atoms with Crippen LogP contribution in [0.4, 0.5) is 0 Å². The second-order valence-corrected chi connectivity index (χ2v) is 7.62. The Hall–Kier alpha value is -4.34. The van der Waals surface area contributed by atoms with E-state index in [1.165, 1.54) is 21.8 Å². The first kappa shape index (κ1) is 18.7. The van der Waals surface area contributed by atoms with Gasteiger partial charge in [-0.15, -0.1) is 0 Å². The van der Waals surface area contributed by atoms with Crippen molar-refractivity contribution < 1.29 is 0 Å². The first-order chi connectivity index (χ1) is 15.3. The van der Waals surface area contributed by atoms with Gasteiger partial charge in [0.25, 0.3) is 0 Å². The second-order valence-electron chi connectivity index (χ2n) is 7.62. The predicted octanol–water partition coefficient (Wildman–Crippen LogP) is 6.58. The Labute approximate surface area is 181 Å². The van der Waals surface area contributed by atoms with Crippen LogP contribution in [0.15, 0.2) is 91.0 Å². The Balaban J connectivity index is 1.62. The minimum Gasteiger partial charge on any atom is -0.309 e. The van der Waals surface area contributed by atoms with Crippen LogP contribution in [0.5, 0.6) is 0 Å². The summed E-state index contributed by atoms with van der Waals surface area (Å²) in [4.78, 5) is 0. The van der Waals surface area contributed by atoms with Crippen LogP contribution in [0.3, 0.4) is 0 Å². The first-order valence-electron chi connectivity index (χ1n) is 10.2. The molecule has 146 valence electrons. The van der Waals surface area contributed by atoms with Crippen LogP contribution in [0.1, 0.15) is 11.1 Å². The summed E-state index contributed by atoms with van der Waals surface area (Å²) < 4.78 is 2.29. The van der Waals surface area contributed by atoms with Gasteiger partial charge in [-0.2, -0.15) is 10.5 Å². The summed E-state index contributed by atoms with van der Waals surface area (Å²) in [5.41, 5.74) is 7.46. The number of para-hydroxylation sites is 2. The number of hydrogen-bond donors (Lipinski definition) is 0. The molecule has 0 unspecified atom stereocenters. The van der Waals surface area contributed by atoms with E-state index in [0.29, 0.717) is 12.8 Å². The van der Waals surface area contributed by atoms with Gasteiger partial charge in [-0.05, 0) is 46.5 Å². The smallest absolute Gasteiger partial charge is 0.0669 e. The molecule has 0 aliphatic rings. The van der Waals surface area contributed by atoms with Crippen molar-refractivity contribution in [3.05, 3.63) is 102 Å². The zero-order valence-corrected chi connectivity index (χ0v) is 16.9. The highest BCUT2D eigenvalue weighted by molar-refractivity contribution is 6.09. The summed E-state index contributed by atoms with van der Waals surface area (Å²) >= 11 is 0. The van der Waals surface area contributed by atoms with E-state index in [4.69, 9.17) is 10.5 Å². The Bertz CT molecular complexity index is 1400. The number of fused-ring (bicyclic) bond motifs is 3. The fraction of sp³-hybridized carbons (Fsp3) is 0.0714. The van der Waals surface area contributed by atoms with Crippen LogP contribution in [-0.4, -0.2) is 4.57 Å². The Morgan fingerprint density at radius 2 is 1.10 bits per heavy atom.